The standard InChI is InChI=1S/C23H26N4O5/c1-26-13-22(20(29)31-3)17(15-9-5-7-11-24-15)27(2)18(16-10-6-8-12-25-16)23(14-26,19(22)28)21(30)32-4/h5-12,17-18H,13-14H2,1-4H3/t17-,18+,22-,23-/m0/s1. The second-order valence-corrected chi connectivity index (χ2v) is 8.41. The van der Waals surface area contributed by atoms with E-state index in [-0.39, 0.29) is 13.1 Å². The van der Waals surface area contributed by atoms with Gasteiger partial charge in [0.05, 0.1) is 37.7 Å². The summed E-state index contributed by atoms with van der Waals surface area (Å²) in [4.78, 5) is 53.8. The van der Waals surface area contributed by atoms with Crippen molar-refractivity contribution in [3.8, 4) is 0 Å². The lowest BCUT2D eigenvalue weighted by atomic mass is 9.54. The molecule has 9 nitrogen and oxygen atoms in total. The zero-order valence-electron chi connectivity index (χ0n) is 18.5. The first-order valence-corrected chi connectivity index (χ1v) is 10.3. The number of pyridine rings is 2. The van der Waals surface area contributed by atoms with Gasteiger partial charge < -0.3 is 14.4 Å². The summed E-state index contributed by atoms with van der Waals surface area (Å²) in [5.74, 6) is -1.93. The van der Waals surface area contributed by atoms with Gasteiger partial charge in [-0.25, -0.2) is 0 Å². The molecule has 0 radical (unpaired) electrons. The maximum absolute atomic E-state index is 14.4. The molecule has 2 aromatic rings. The van der Waals surface area contributed by atoms with Gasteiger partial charge in [-0.05, 0) is 38.4 Å². The van der Waals surface area contributed by atoms with E-state index in [2.05, 4.69) is 9.97 Å². The molecule has 2 aliphatic heterocycles. The van der Waals surface area contributed by atoms with Crippen LogP contribution in [-0.4, -0.2) is 78.9 Å². The van der Waals surface area contributed by atoms with Gasteiger partial charge in [0.15, 0.2) is 16.6 Å². The van der Waals surface area contributed by atoms with Gasteiger partial charge in [-0.1, -0.05) is 12.1 Å². The molecular weight excluding hydrogens is 412 g/mol. The van der Waals surface area contributed by atoms with Gasteiger partial charge in [0.25, 0.3) is 0 Å². The van der Waals surface area contributed by atoms with Crippen LogP contribution in [0.5, 0.6) is 0 Å². The number of hydrogen-bond donors (Lipinski definition) is 0. The summed E-state index contributed by atoms with van der Waals surface area (Å²) in [6.45, 7) is 0.162. The smallest absolute Gasteiger partial charge is 0.322 e. The molecule has 0 spiro atoms. The van der Waals surface area contributed by atoms with Crippen LogP contribution in [0.25, 0.3) is 0 Å². The predicted octanol–water partition coefficient (Wildman–Crippen LogP) is 1.04. The van der Waals surface area contributed by atoms with E-state index in [1.807, 2.05) is 9.80 Å². The number of hydrogen-bond acceptors (Lipinski definition) is 9. The number of carbonyl (C=O) groups is 3. The van der Waals surface area contributed by atoms with Gasteiger partial charge in [-0.2, -0.15) is 0 Å². The Kier molecular flexibility index (Phi) is 5.56. The Balaban J connectivity index is 2.07. The number of carbonyl (C=O) groups excluding carboxylic acids is 3. The van der Waals surface area contributed by atoms with Crippen LogP contribution in [-0.2, 0) is 23.9 Å². The average molecular weight is 438 g/mol. The lowest BCUT2D eigenvalue weighted by Crippen LogP contribution is -2.75. The van der Waals surface area contributed by atoms with Crippen molar-refractivity contribution in [2.24, 2.45) is 10.8 Å². The summed E-state index contributed by atoms with van der Waals surface area (Å²) in [6.07, 6.45) is 3.23. The molecule has 0 aromatic carbocycles. The van der Waals surface area contributed by atoms with Gasteiger partial charge in [-0.3, -0.25) is 29.3 Å². The van der Waals surface area contributed by atoms with Crippen LogP contribution in [0.15, 0.2) is 48.8 Å². The fraction of sp³-hybridized carbons (Fsp3) is 0.435. The third-order valence-corrected chi connectivity index (χ3v) is 6.63. The number of piperidine rings is 2. The average Bonchev–Trinajstić information content (AvgIpc) is 2.81. The highest BCUT2D eigenvalue weighted by molar-refractivity contribution is 6.17. The SMILES string of the molecule is COC(=O)[C@]12CN(C)C[C@@](C(=O)OC)(C1=O)[C@@H](c1ccccn1)N(C)[C@H]2c1ccccn1. The number of nitrogens with zero attached hydrogens (tertiary/aromatic N) is 4. The Morgan fingerprint density at radius 2 is 1.31 bits per heavy atom. The van der Waals surface area contributed by atoms with Gasteiger partial charge in [0.2, 0.25) is 0 Å². The molecule has 2 bridgehead atoms. The van der Waals surface area contributed by atoms with Gasteiger partial charge in [0.1, 0.15) is 0 Å². The molecule has 168 valence electrons. The highest BCUT2D eigenvalue weighted by atomic mass is 16.5. The van der Waals surface area contributed by atoms with Crippen molar-refractivity contribution in [1.82, 2.24) is 19.8 Å². The monoisotopic (exact) mass is 438 g/mol. The third kappa shape index (κ3) is 2.88. The molecule has 9 heteroatoms. The van der Waals surface area contributed by atoms with Gasteiger partial charge in [-0.15, -0.1) is 0 Å². The normalized spacial score (nSPS) is 30.6. The van der Waals surface area contributed by atoms with E-state index >= 15 is 0 Å². The summed E-state index contributed by atoms with van der Waals surface area (Å²) >= 11 is 0. The maximum atomic E-state index is 14.4. The van der Waals surface area contributed by atoms with Crippen LogP contribution in [0.2, 0.25) is 0 Å². The molecule has 2 aromatic heterocycles. The largest absolute Gasteiger partial charge is 0.468 e. The van der Waals surface area contributed by atoms with Crippen LogP contribution in [0.3, 0.4) is 0 Å². The number of esters is 2. The van der Waals surface area contributed by atoms with E-state index in [0.29, 0.717) is 11.4 Å². The quantitative estimate of drug-likeness (QED) is 0.512. The highest BCUT2D eigenvalue weighted by Crippen LogP contribution is 2.59. The van der Waals surface area contributed by atoms with Gasteiger partial charge >= 0.3 is 11.9 Å². The summed E-state index contributed by atoms with van der Waals surface area (Å²) in [6, 6.07) is 9.11. The fourth-order valence-corrected chi connectivity index (χ4v) is 5.61. The van der Waals surface area contributed by atoms with E-state index in [1.165, 1.54) is 14.2 Å². The first-order valence-electron chi connectivity index (χ1n) is 10.3. The van der Waals surface area contributed by atoms with E-state index in [9.17, 15) is 14.4 Å². The minimum atomic E-state index is -1.68. The maximum Gasteiger partial charge on any atom is 0.322 e. The Bertz CT molecular complexity index is 954. The summed E-state index contributed by atoms with van der Waals surface area (Å²) in [5, 5.41) is 0. The lowest BCUT2D eigenvalue weighted by molar-refractivity contribution is -0.202. The second kappa shape index (κ2) is 8.07. The Labute approximate surface area is 186 Å². The molecule has 2 fully saturated rings. The van der Waals surface area contributed by atoms with Crippen molar-refractivity contribution < 1.29 is 23.9 Å². The molecule has 0 amide bonds. The molecule has 4 heterocycles. The minimum absolute atomic E-state index is 0.0811. The first-order chi connectivity index (χ1) is 15.3. The zero-order valence-corrected chi connectivity index (χ0v) is 18.5. The van der Waals surface area contributed by atoms with Crippen LogP contribution in [0.4, 0.5) is 0 Å². The molecule has 2 saturated heterocycles. The zero-order chi connectivity index (χ0) is 23.1. The van der Waals surface area contributed by atoms with Crippen molar-refractivity contribution in [2.75, 3.05) is 41.4 Å². The molecule has 0 aliphatic carbocycles. The van der Waals surface area contributed by atoms with Crippen molar-refractivity contribution >= 4 is 17.7 Å². The van der Waals surface area contributed by atoms with E-state index in [4.69, 9.17) is 9.47 Å². The van der Waals surface area contributed by atoms with Crippen LogP contribution in [0, 0.1) is 10.8 Å². The number of aromatic nitrogens is 2. The molecule has 0 N–H and O–H groups in total. The van der Waals surface area contributed by atoms with Crippen LogP contribution >= 0.6 is 0 Å². The van der Waals surface area contributed by atoms with E-state index < -0.39 is 40.6 Å². The van der Waals surface area contributed by atoms with Crippen molar-refractivity contribution in [3.05, 3.63) is 60.2 Å². The van der Waals surface area contributed by atoms with Crippen molar-refractivity contribution in [2.45, 2.75) is 12.1 Å². The number of ether oxygens (including phenoxy) is 2. The molecule has 0 saturated carbocycles. The summed E-state index contributed by atoms with van der Waals surface area (Å²) < 4.78 is 10.4. The highest BCUT2D eigenvalue weighted by Gasteiger charge is 2.75. The number of methoxy groups -OCH3 is 2. The number of fused-ring (bicyclic) bond motifs is 2. The molecule has 4 rings (SSSR count). The third-order valence-electron chi connectivity index (χ3n) is 6.63. The van der Waals surface area contributed by atoms with E-state index in [0.717, 1.165) is 0 Å². The second-order valence-electron chi connectivity index (χ2n) is 8.41. The van der Waals surface area contributed by atoms with Crippen molar-refractivity contribution in [1.29, 1.82) is 0 Å². The number of ketones is 1. The lowest BCUT2D eigenvalue weighted by Gasteiger charge is -2.60. The Hall–Kier alpha value is -3.17. The van der Waals surface area contributed by atoms with Crippen molar-refractivity contribution in [3.63, 3.8) is 0 Å². The fourth-order valence-electron chi connectivity index (χ4n) is 5.61. The molecule has 0 unspecified atom stereocenters. The molecule has 32 heavy (non-hydrogen) atoms. The predicted molar refractivity (Wildman–Crippen MR) is 113 cm³/mol. The van der Waals surface area contributed by atoms with Gasteiger partial charge in [0, 0.05) is 25.5 Å². The summed E-state index contributed by atoms with van der Waals surface area (Å²) in [7, 11) is 6.06. The molecule has 4 atom stereocenters. The Morgan fingerprint density at radius 1 is 0.875 bits per heavy atom. The topological polar surface area (TPSA) is 102 Å². The first kappa shape index (κ1) is 22.0. The Morgan fingerprint density at radius 3 is 1.66 bits per heavy atom. The number of likely N-dealkylation sites (tertiary alicyclic amines) is 2. The minimum Gasteiger partial charge on any atom is -0.468 e. The number of Topliss-reactive ketones (excluding diaryl/α,β-unsaturated/α-hetero) is 1. The number of rotatable bonds is 4. The van der Waals surface area contributed by atoms with E-state index in [1.54, 1.807) is 62.9 Å². The summed E-state index contributed by atoms with van der Waals surface area (Å²) in [5.41, 5.74) is -2.29. The molecule has 2 aliphatic rings. The van der Waals surface area contributed by atoms with Crippen LogP contribution in [0.1, 0.15) is 23.5 Å². The van der Waals surface area contributed by atoms with Crippen LogP contribution < -0.4 is 0 Å². The molecular formula is C23H26N4O5.